The number of thioether (sulfide) groups is 1. The molecule has 27 heavy (non-hydrogen) atoms. The van der Waals surface area contributed by atoms with Crippen LogP contribution in [-0.2, 0) is 12.3 Å². The van der Waals surface area contributed by atoms with E-state index in [-0.39, 0.29) is 0 Å². The molecule has 0 amide bonds. The molecule has 0 unspecified atom stereocenters. The van der Waals surface area contributed by atoms with Crippen LogP contribution in [0.3, 0.4) is 0 Å². The van der Waals surface area contributed by atoms with E-state index in [1.807, 2.05) is 35.0 Å². The van der Waals surface area contributed by atoms with Crippen LogP contribution in [0.4, 0.5) is 0 Å². The van der Waals surface area contributed by atoms with Crippen molar-refractivity contribution in [3.8, 4) is 0 Å². The molecule has 0 atom stereocenters. The summed E-state index contributed by atoms with van der Waals surface area (Å²) in [6, 6.07) is 14.3. The molecule has 3 aromatic heterocycles. The molecule has 1 aliphatic rings. The van der Waals surface area contributed by atoms with E-state index < -0.39 is 0 Å². The summed E-state index contributed by atoms with van der Waals surface area (Å²) in [4.78, 5) is 4.66. The van der Waals surface area contributed by atoms with Crippen molar-refractivity contribution in [2.75, 3.05) is 0 Å². The molecule has 1 aliphatic carbocycles. The maximum atomic E-state index is 6.06. The third-order valence-corrected chi connectivity index (χ3v) is 5.91. The first-order valence-electron chi connectivity index (χ1n) is 8.99. The minimum atomic E-state index is 0.563. The standard InChI is InChI=1S/C20H18ClN5S/c21-16-8-9-18-22-17(12-25(18)11-16)13-27-20-24-23-19(15-6-7-15)26(20)10-14-4-2-1-3-5-14/h1-5,8-9,11-12,15H,6-7,10,13H2. The summed E-state index contributed by atoms with van der Waals surface area (Å²) in [5.41, 5.74) is 3.17. The van der Waals surface area contributed by atoms with E-state index in [1.165, 1.54) is 18.4 Å². The van der Waals surface area contributed by atoms with Crippen molar-refractivity contribution < 1.29 is 0 Å². The highest BCUT2D eigenvalue weighted by atomic mass is 35.5. The van der Waals surface area contributed by atoms with Crippen LogP contribution in [0.1, 0.15) is 35.8 Å². The quantitative estimate of drug-likeness (QED) is 0.440. The summed E-state index contributed by atoms with van der Waals surface area (Å²) in [6.45, 7) is 0.808. The highest BCUT2D eigenvalue weighted by Gasteiger charge is 2.30. The van der Waals surface area contributed by atoms with Gasteiger partial charge in [-0.05, 0) is 30.5 Å². The highest BCUT2D eigenvalue weighted by Crippen LogP contribution is 2.40. The zero-order valence-electron chi connectivity index (χ0n) is 14.6. The molecule has 0 aliphatic heterocycles. The summed E-state index contributed by atoms with van der Waals surface area (Å²) in [7, 11) is 0. The lowest BCUT2D eigenvalue weighted by atomic mass is 10.2. The minimum Gasteiger partial charge on any atom is -0.305 e. The van der Waals surface area contributed by atoms with Crippen molar-refractivity contribution >= 4 is 29.0 Å². The van der Waals surface area contributed by atoms with Gasteiger partial charge in [0.05, 0.1) is 17.3 Å². The van der Waals surface area contributed by atoms with Gasteiger partial charge in [0, 0.05) is 24.1 Å². The maximum absolute atomic E-state index is 6.06. The summed E-state index contributed by atoms with van der Waals surface area (Å²) in [6.07, 6.45) is 6.32. The second kappa shape index (κ2) is 7.02. The lowest BCUT2D eigenvalue weighted by Crippen LogP contribution is -2.06. The van der Waals surface area contributed by atoms with Crippen molar-refractivity contribution in [2.45, 2.75) is 36.2 Å². The zero-order chi connectivity index (χ0) is 18.2. The number of halogens is 1. The first kappa shape index (κ1) is 16.8. The summed E-state index contributed by atoms with van der Waals surface area (Å²) >= 11 is 7.75. The van der Waals surface area contributed by atoms with Gasteiger partial charge in [-0.1, -0.05) is 53.7 Å². The van der Waals surface area contributed by atoms with Gasteiger partial charge in [-0.2, -0.15) is 0 Å². The van der Waals surface area contributed by atoms with E-state index in [9.17, 15) is 0 Å². The van der Waals surface area contributed by atoms with Crippen molar-refractivity contribution in [3.05, 3.63) is 77.0 Å². The van der Waals surface area contributed by atoms with Crippen molar-refractivity contribution in [1.82, 2.24) is 24.1 Å². The largest absolute Gasteiger partial charge is 0.305 e. The molecule has 0 spiro atoms. The van der Waals surface area contributed by atoms with E-state index in [0.29, 0.717) is 10.9 Å². The van der Waals surface area contributed by atoms with Crippen molar-refractivity contribution in [2.24, 2.45) is 0 Å². The average molecular weight is 396 g/mol. The van der Waals surface area contributed by atoms with Gasteiger partial charge in [-0.25, -0.2) is 4.98 Å². The van der Waals surface area contributed by atoms with Crippen LogP contribution in [0.15, 0.2) is 60.0 Å². The number of hydrogen-bond acceptors (Lipinski definition) is 4. The number of rotatable bonds is 6. The van der Waals surface area contributed by atoms with Crippen LogP contribution >= 0.6 is 23.4 Å². The number of nitrogens with zero attached hydrogens (tertiary/aromatic N) is 5. The van der Waals surface area contributed by atoms with E-state index in [0.717, 1.165) is 34.6 Å². The second-order valence-electron chi connectivity index (χ2n) is 6.82. The molecule has 0 saturated heterocycles. The Labute approximate surface area is 166 Å². The van der Waals surface area contributed by atoms with Gasteiger partial charge in [0.15, 0.2) is 5.16 Å². The molecule has 3 heterocycles. The van der Waals surface area contributed by atoms with Crippen molar-refractivity contribution in [3.63, 3.8) is 0 Å². The van der Waals surface area contributed by atoms with E-state index in [2.05, 4.69) is 44.0 Å². The molecule has 0 N–H and O–H groups in total. The van der Waals surface area contributed by atoms with Crippen LogP contribution < -0.4 is 0 Å². The maximum Gasteiger partial charge on any atom is 0.191 e. The SMILES string of the molecule is Clc1ccc2nc(CSc3nnc(C4CC4)n3Cc3ccccc3)cn2c1. The van der Waals surface area contributed by atoms with E-state index in [1.54, 1.807) is 11.8 Å². The van der Waals surface area contributed by atoms with Crippen LogP contribution in [0, 0.1) is 0 Å². The Bertz CT molecular complexity index is 1080. The lowest BCUT2D eigenvalue weighted by molar-refractivity contribution is 0.667. The second-order valence-corrected chi connectivity index (χ2v) is 8.20. The zero-order valence-corrected chi connectivity index (χ0v) is 16.2. The predicted molar refractivity (Wildman–Crippen MR) is 107 cm³/mol. The molecule has 5 rings (SSSR count). The molecule has 7 heteroatoms. The number of fused-ring (bicyclic) bond motifs is 1. The number of hydrogen-bond donors (Lipinski definition) is 0. The fourth-order valence-electron chi connectivity index (χ4n) is 3.19. The third kappa shape index (κ3) is 3.59. The monoisotopic (exact) mass is 395 g/mol. The van der Waals surface area contributed by atoms with Gasteiger partial charge >= 0.3 is 0 Å². The first-order valence-corrected chi connectivity index (χ1v) is 10.4. The van der Waals surface area contributed by atoms with Crippen LogP contribution in [0.2, 0.25) is 5.02 Å². The minimum absolute atomic E-state index is 0.563. The molecule has 4 aromatic rings. The molecular weight excluding hydrogens is 378 g/mol. The molecule has 136 valence electrons. The van der Waals surface area contributed by atoms with Gasteiger partial charge in [-0.15, -0.1) is 10.2 Å². The van der Waals surface area contributed by atoms with Gasteiger partial charge in [0.2, 0.25) is 0 Å². The number of pyridine rings is 1. The van der Waals surface area contributed by atoms with Gasteiger partial charge in [0.25, 0.3) is 0 Å². The lowest BCUT2D eigenvalue weighted by Gasteiger charge is -2.09. The smallest absolute Gasteiger partial charge is 0.191 e. The molecule has 5 nitrogen and oxygen atoms in total. The summed E-state index contributed by atoms with van der Waals surface area (Å²) in [5, 5.41) is 10.6. The molecule has 0 radical (unpaired) electrons. The Morgan fingerprint density at radius 2 is 1.89 bits per heavy atom. The van der Waals surface area contributed by atoms with E-state index in [4.69, 9.17) is 11.6 Å². The fraction of sp³-hybridized carbons (Fsp3) is 0.250. The summed E-state index contributed by atoms with van der Waals surface area (Å²) in [5.74, 6) is 2.42. The molecule has 0 bridgehead atoms. The van der Waals surface area contributed by atoms with Gasteiger partial charge in [0.1, 0.15) is 11.5 Å². The normalized spacial score (nSPS) is 14.1. The highest BCUT2D eigenvalue weighted by molar-refractivity contribution is 7.98. The topological polar surface area (TPSA) is 48.0 Å². The molecular formula is C20H18ClN5S. The Balaban J connectivity index is 1.39. The van der Waals surface area contributed by atoms with Gasteiger partial charge in [-0.3, -0.25) is 0 Å². The Kier molecular flexibility index (Phi) is 4.38. The van der Waals surface area contributed by atoms with Crippen LogP contribution in [0.5, 0.6) is 0 Å². The Hall–Kier alpha value is -2.31. The van der Waals surface area contributed by atoms with Crippen LogP contribution in [0.25, 0.3) is 5.65 Å². The summed E-state index contributed by atoms with van der Waals surface area (Å²) < 4.78 is 4.23. The van der Waals surface area contributed by atoms with Gasteiger partial charge < -0.3 is 8.97 Å². The molecule has 1 aromatic carbocycles. The Morgan fingerprint density at radius 3 is 2.70 bits per heavy atom. The molecule has 1 fully saturated rings. The Morgan fingerprint density at radius 1 is 1.04 bits per heavy atom. The molecule has 1 saturated carbocycles. The van der Waals surface area contributed by atoms with E-state index >= 15 is 0 Å². The van der Waals surface area contributed by atoms with Crippen LogP contribution in [-0.4, -0.2) is 24.1 Å². The average Bonchev–Trinajstić information content (AvgIpc) is 3.32. The number of aromatic nitrogens is 5. The number of benzene rings is 1. The predicted octanol–water partition coefficient (Wildman–Crippen LogP) is 4.80. The number of imidazole rings is 1. The third-order valence-electron chi connectivity index (χ3n) is 4.69. The first-order chi connectivity index (χ1) is 13.3. The fourth-order valence-corrected chi connectivity index (χ4v) is 4.19. The van der Waals surface area contributed by atoms with Crippen molar-refractivity contribution in [1.29, 1.82) is 0 Å².